The van der Waals surface area contributed by atoms with Crippen LogP contribution in [0.3, 0.4) is 0 Å². The third-order valence-electron chi connectivity index (χ3n) is 4.49. The Hall–Kier alpha value is -3.82. The minimum atomic E-state index is -1.03. The highest BCUT2D eigenvalue weighted by atomic mass is 16.4. The highest BCUT2D eigenvalue weighted by Gasteiger charge is 2.18. The fourth-order valence-electron chi connectivity index (χ4n) is 3.20. The van der Waals surface area contributed by atoms with Gasteiger partial charge in [-0.05, 0) is 31.0 Å². The van der Waals surface area contributed by atoms with Gasteiger partial charge in [0, 0.05) is 30.1 Å². The number of phenols is 1. The van der Waals surface area contributed by atoms with Crippen LogP contribution in [0.25, 0.3) is 33.3 Å². The Balaban J connectivity index is 1.68. The first kappa shape index (κ1) is 17.6. The lowest BCUT2D eigenvalue weighted by Gasteiger charge is -2.03. The molecule has 3 heterocycles. The molecule has 0 saturated carbocycles. The predicted molar refractivity (Wildman–Crippen MR) is 104 cm³/mol. The van der Waals surface area contributed by atoms with Crippen LogP contribution in [0.4, 0.5) is 10.6 Å². The lowest BCUT2D eigenvalue weighted by atomic mass is 10.2. The molecular formula is C18H19N7O3. The molecule has 0 saturated heterocycles. The molecule has 0 aliphatic rings. The summed E-state index contributed by atoms with van der Waals surface area (Å²) in [6.07, 6.45) is 1.77. The smallest absolute Gasteiger partial charge is 0.404 e. The zero-order valence-corrected chi connectivity index (χ0v) is 14.9. The van der Waals surface area contributed by atoms with E-state index in [1.54, 1.807) is 16.8 Å². The van der Waals surface area contributed by atoms with Gasteiger partial charge in [-0.15, -0.1) is 0 Å². The van der Waals surface area contributed by atoms with Gasteiger partial charge in [-0.25, -0.2) is 19.4 Å². The van der Waals surface area contributed by atoms with E-state index in [0.717, 1.165) is 23.0 Å². The second-order valence-electron chi connectivity index (χ2n) is 6.42. The molecule has 0 unspecified atom stereocenters. The number of aromatic amines is 1. The molecular weight excluding hydrogens is 362 g/mol. The molecule has 0 radical (unpaired) electrons. The molecule has 0 atom stereocenters. The number of amides is 1. The maximum absolute atomic E-state index is 10.5. The summed E-state index contributed by atoms with van der Waals surface area (Å²) >= 11 is 0. The van der Waals surface area contributed by atoms with Crippen molar-refractivity contribution < 1.29 is 15.0 Å². The maximum Gasteiger partial charge on any atom is 0.404 e. The molecule has 28 heavy (non-hydrogen) atoms. The van der Waals surface area contributed by atoms with Gasteiger partial charge in [0.15, 0.2) is 5.65 Å². The summed E-state index contributed by atoms with van der Waals surface area (Å²) in [5.41, 5.74) is 8.89. The van der Waals surface area contributed by atoms with Gasteiger partial charge < -0.3 is 26.2 Å². The molecule has 0 aliphatic carbocycles. The van der Waals surface area contributed by atoms with E-state index in [1.807, 2.05) is 12.1 Å². The van der Waals surface area contributed by atoms with E-state index in [9.17, 15) is 9.90 Å². The Morgan fingerprint density at radius 3 is 2.93 bits per heavy atom. The number of carbonyl (C=O) groups is 1. The van der Waals surface area contributed by atoms with Gasteiger partial charge in [0.05, 0.1) is 11.1 Å². The minimum absolute atomic E-state index is 0.175. The number of H-pyrrole nitrogens is 1. The van der Waals surface area contributed by atoms with Crippen LogP contribution in [0, 0.1) is 0 Å². The van der Waals surface area contributed by atoms with E-state index < -0.39 is 6.09 Å². The summed E-state index contributed by atoms with van der Waals surface area (Å²) in [7, 11) is 0. The topological polar surface area (TPSA) is 155 Å². The largest absolute Gasteiger partial charge is 0.508 e. The Morgan fingerprint density at radius 2 is 2.11 bits per heavy atom. The second kappa shape index (κ2) is 7.06. The quantitative estimate of drug-likeness (QED) is 0.321. The number of hydrogen-bond acceptors (Lipinski definition) is 6. The number of anilines is 1. The van der Waals surface area contributed by atoms with Gasteiger partial charge in [-0.3, -0.25) is 0 Å². The number of fused-ring (bicyclic) bond motifs is 2. The van der Waals surface area contributed by atoms with Crippen LogP contribution in [0.1, 0.15) is 12.8 Å². The number of carboxylic acid groups (broad SMARTS) is 1. The van der Waals surface area contributed by atoms with E-state index >= 15 is 0 Å². The van der Waals surface area contributed by atoms with Crippen molar-refractivity contribution in [2.75, 3.05) is 12.3 Å². The van der Waals surface area contributed by atoms with Crippen LogP contribution < -0.4 is 11.1 Å². The summed E-state index contributed by atoms with van der Waals surface area (Å²) in [5.74, 6) is 0.509. The van der Waals surface area contributed by atoms with E-state index in [4.69, 9.17) is 10.8 Å². The van der Waals surface area contributed by atoms with Gasteiger partial charge in [-0.1, -0.05) is 0 Å². The van der Waals surface area contributed by atoms with Gasteiger partial charge in [0.1, 0.15) is 23.6 Å². The van der Waals surface area contributed by atoms with Crippen molar-refractivity contribution in [3.05, 3.63) is 30.6 Å². The van der Waals surface area contributed by atoms with Crippen molar-refractivity contribution in [3.63, 3.8) is 0 Å². The van der Waals surface area contributed by atoms with E-state index in [1.165, 1.54) is 6.33 Å². The van der Waals surface area contributed by atoms with Crippen molar-refractivity contribution >= 4 is 33.8 Å². The van der Waals surface area contributed by atoms with Crippen LogP contribution in [0.2, 0.25) is 0 Å². The van der Waals surface area contributed by atoms with Crippen molar-refractivity contribution in [1.82, 2.24) is 30.0 Å². The van der Waals surface area contributed by atoms with Crippen LogP contribution >= 0.6 is 0 Å². The third-order valence-corrected chi connectivity index (χ3v) is 4.49. The van der Waals surface area contributed by atoms with E-state index in [-0.39, 0.29) is 5.75 Å². The highest BCUT2D eigenvalue weighted by Crippen LogP contribution is 2.32. The van der Waals surface area contributed by atoms with E-state index in [0.29, 0.717) is 42.1 Å². The summed E-state index contributed by atoms with van der Waals surface area (Å²) in [5, 5.41) is 26.9. The van der Waals surface area contributed by atoms with Crippen molar-refractivity contribution in [2.24, 2.45) is 0 Å². The monoisotopic (exact) mass is 381 g/mol. The molecule has 10 nitrogen and oxygen atoms in total. The molecule has 0 spiro atoms. The normalized spacial score (nSPS) is 11.3. The molecule has 1 amide bonds. The Bertz CT molecular complexity index is 1160. The predicted octanol–water partition coefficient (Wildman–Crippen LogP) is 2.31. The number of benzene rings is 1. The van der Waals surface area contributed by atoms with Gasteiger partial charge >= 0.3 is 6.09 Å². The second-order valence-corrected chi connectivity index (χ2v) is 6.42. The van der Waals surface area contributed by atoms with Crippen molar-refractivity contribution in [2.45, 2.75) is 19.4 Å². The molecule has 0 bridgehead atoms. The molecule has 6 N–H and O–H groups in total. The highest BCUT2D eigenvalue weighted by molar-refractivity contribution is 5.99. The molecule has 1 aromatic carbocycles. The lowest BCUT2D eigenvalue weighted by Crippen LogP contribution is -2.22. The average molecular weight is 381 g/mol. The van der Waals surface area contributed by atoms with Crippen LogP contribution in [-0.2, 0) is 6.54 Å². The number of aryl methyl sites for hydroxylation is 1. The zero-order chi connectivity index (χ0) is 19.7. The fraction of sp³-hybridized carbons (Fsp3) is 0.222. The first-order chi connectivity index (χ1) is 13.5. The molecule has 4 aromatic rings. The van der Waals surface area contributed by atoms with Gasteiger partial charge in [0.2, 0.25) is 0 Å². The molecule has 10 heteroatoms. The minimum Gasteiger partial charge on any atom is -0.508 e. The molecule has 3 aromatic heterocycles. The Kier molecular flexibility index (Phi) is 4.44. The SMILES string of the molecule is Nc1ncnc2c1c(-c1cc3ccc(O)cc3[nH]1)nn2CCCCNC(=O)O. The number of nitrogens with one attached hydrogen (secondary N) is 2. The van der Waals surface area contributed by atoms with Crippen LogP contribution in [0.15, 0.2) is 30.6 Å². The zero-order valence-electron chi connectivity index (χ0n) is 14.9. The summed E-state index contributed by atoms with van der Waals surface area (Å²) in [4.78, 5) is 22.2. The summed E-state index contributed by atoms with van der Waals surface area (Å²) in [6, 6.07) is 7.02. The molecule has 4 rings (SSSR count). The number of phenolic OH excluding ortho intramolecular Hbond substituents is 1. The first-order valence-electron chi connectivity index (χ1n) is 8.79. The summed E-state index contributed by atoms with van der Waals surface area (Å²) < 4.78 is 1.76. The van der Waals surface area contributed by atoms with Crippen molar-refractivity contribution in [1.29, 1.82) is 0 Å². The molecule has 144 valence electrons. The number of rotatable bonds is 6. The van der Waals surface area contributed by atoms with Gasteiger partial charge in [-0.2, -0.15) is 5.10 Å². The first-order valence-corrected chi connectivity index (χ1v) is 8.79. The average Bonchev–Trinajstić information content (AvgIpc) is 3.23. The number of hydrogen-bond donors (Lipinski definition) is 5. The number of nitrogen functional groups attached to an aromatic ring is 1. The van der Waals surface area contributed by atoms with Crippen LogP contribution in [-0.4, -0.2) is 47.6 Å². The number of nitrogens with two attached hydrogens (primary N) is 1. The number of aromatic hydroxyl groups is 1. The number of unbranched alkanes of at least 4 members (excludes halogenated alkanes) is 1. The fourth-order valence-corrected chi connectivity index (χ4v) is 3.20. The third kappa shape index (κ3) is 3.27. The molecule has 0 aliphatic heterocycles. The van der Waals surface area contributed by atoms with E-state index in [2.05, 4.69) is 25.4 Å². The summed E-state index contributed by atoms with van der Waals surface area (Å²) in [6.45, 7) is 0.944. The van der Waals surface area contributed by atoms with Crippen LogP contribution in [0.5, 0.6) is 5.75 Å². The van der Waals surface area contributed by atoms with Gasteiger partial charge in [0.25, 0.3) is 0 Å². The number of aromatic nitrogens is 5. The standard InChI is InChI=1S/C18H19N7O3/c19-16-14-15(13-7-10-3-4-11(26)8-12(10)23-13)24-25(17(14)22-9-21-16)6-2-1-5-20-18(27)28/h3-4,7-9,20,23,26H,1-2,5-6H2,(H,27,28)(H2,19,21,22). The Labute approximate surface area is 159 Å². The number of nitrogens with zero attached hydrogens (tertiary/aromatic N) is 4. The molecule has 0 fully saturated rings. The van der Waals surface area contributed by atoms with Crippen molar-refractivity contribution in [3.8, 4) is 17.1 Å². The Morgan fingerprint density at radius 1 is 1.25 bits per heavy atom. The lowest BCUT2D eigenvalue weighted by molar-refractivity contribution is 0.194. The maximum atomic E-state index is 10.5.